The fourth-order valence-electron chi connectivity index (χ4n) is 1.71. The second-order valence-corrected chi connectivity index (χ2v) is 4.53. The van der Waals surface area contributed by atoms with E-state index in [1.54, 1.807) is 26.1 Å². The van der Waals surface area contributed by atoms with Gasteiger partial charge in [0.25, 0.3) is 0 Å². The molecule has 1 nitrogen and oxygen atoms in total. The molecule has 1 heterocycles. The normalized spacial score (nSPS) is 10.2. The first-order valence-corrected chi connectivity index (χ1v) is 5.73. The monoisotopic (exact) mass is 348 g/mol. The van der Waals surface area contributed by atoms with Gasteiger partial charge in [-0.3, -0.25) is 4.39 Å². The molecule has 0 amide bonds. The Hall–Kier alpha value is -1.15. The van der Waals surface area contributed by atoms with Crippen LogP contribution in [0.4, 0.5) is 8.78 Å². The maximum Gasteiger partial charge on any atom is 1.00 e. The van der Waals surface area contributed by atoms with Crippen molar-refractivity contribution in [3.05, 3.63) is 52.2 Å². The molecule has 0 bridgehead atoms. The van der Waals surface area contributed by atoms with Crippen LogP contribution in [0, 0.1) is 45.4 Å². The fourth-order valence-corrected chi connectivity index (χ4v) is 1.71. The van der Waals surface area contributed by atoms with E-state index in [2.05, 4.69) is 11.1 Å². The van der Waals surface area contributed by atoms with Crippen LogP contribution in [0.25, 0.3) is 11.3 Å². The third-order valence-corrected chi connectivity index (χ3v) is 3.30. The second kappa shape index (κ2) is 5.87. The summed E-state index contributed by atoms with van der Waals surface area (Å²) in [4.78, 5) is 4.14. The van der Waals surface area contributed by atoms with Crippen molar-refractivity contribution in [1.82, 2.24) is 4.98 Å². The fraction of sp³-hybridized carbons (Fsp3) is 0.267. The van der Waals surface area contributed by atoms with Gasteiger partial charge < -0.3 is 4.98 Å². The number of rotatable bonds is 1. The number of aromatic nitrogens is 1. The van der Waals surface area contributed by atoms with Gasteiger partial charge in [0.1, 0.15) is 0 Å². The van der Waals surface area contributed by atoms with E-state index in [0.717, 1.165) is 11.1 Å². The van der Waals surface area contributed by atoms with Gasteiger partial charge in [-0.2, -0.15) is 0 Å². The standard InChI is InChI=1S/C15H14F2N.Ru/c1-8-5-14(18-7-9(8)2)12-6-13(16)10(3)11(4)15(12)17;/h5,7H,1-4H3;/q-1;+1. The summed E-state index contributed by atoms with van der Waals surface area (Å²) in [6, 6.07) is 4.19. The van der Waals surface area contributed by atoms with Gasteiger partial charge >= 0.3 is 19.5 Å². The first-order chi connectivity index (χ1) is 8.41. The van der Waals surface area contributed by atoms with Gasteiger partial charge in [0.2, 0.25) is 0 Å². The number of aryl methyl sites for hydroxylation is 2. The van der Waals surface area contributed by atoms with Gasteiger partial charge in [-0.25, -0.2) is 4.39 Å². The first kappa shape index (κ1) is 15.9. The van der Waals surface area contributed by atoms with Crippen molar-refractivity contribution < 1.29 is 28.3 Å². The molecule has 0 saturated heterocycles. The Morgan fingerprint density at radius 1 is 1.00 bits per heavy atom. The molecule has 1 aromatic heterocycles. The van der Waals surface area contributed by atoms with Crippen LogP contribution in [-0.4, -0.2) is 4.98 Å². The summed E-state index contributed by atoms with van der Waals surface area (Å²) in [7, 11) is 0. The zero-order valence-electron chi connectivity index (χ0n) is 11.2. The Bertz CT molecular complexity index is 624. The first-order valence-electron chi connectivity index (χ1n) is 5.73. The van der Waals surface area contributed by atoms with Crippen molar-refractivity contribution in [1.29, 1.82) is 0 Å². The summed E-state index contributed by atoms with van der Waals surface area (Å²) in [6.45, 7) is 6.94. The molecular formula is C15H14F2NRu. The van der Waals surface area contributed by atoms with E-state index in [-0.39, 0.29) is 25.0 Å². The Kier molecular flexibility index (Phi) is 4.92. The Balaban J connectivity index is 0.00000180. The van der Waals surface area contributed by atoms with Gasteiger partial charge in [0, 0.05) is 17.8 Å². The Morgan fingerprint density at radius 2 is 1.63 bits per heavy atom. The minimum absolute atomic E-state index is 0. The maximum absolute atomic E-state index is 14.1. The number of benzene rings is 1. The molecule has 0 aliphatic heterocycles. The number of halogens is 2. The van der Waals surface area contributed by atoms with Crippen molar-refractivity contribution in [3.8, 4) is 11.3 Å². The Morgan fingerprint density at radius 3 is 2.21 bits per heavy atom. The molecule has 0 N–H and O–H groups in total. The van der Waals surface area contributed by atoms with Crippen LogP contribution in [0.3, 0.4) is 0 Å². The molecule has 0 aliphatic rings. The van der Waals surface area contributed by atoms with Gasteiger partial charge in [-0.1, -0.05) is 42.2 Å². The number of hydrogen-bond acceptors (Lipinski definition) is 1. The summed E-state index contributed by atoms with van der Waals surface area (Å²) in [5, 5.41) is 0. The molecule has 0 atom stereocenters. The summed E-state index contributed by atoms with van der Waals surface area (Å²) in [6.07, 6.45) is 1.66. The van der Waals surface area contributed by atoms with E-state index in [1.165, 1.54) is 0 Å². The SMILES string of the molecule is Cc1cnc(-c2[c-]c(F)c(C)c(C)c2F)cc1C.[Ru+]. The molecular weight excluding hydrogens is 333 g/mol. The minimum atomic E-state index is -0.524. The zero-order chi connectivity index (χ0) is 13.4. The van der Waals surface area contributed by atoms with E-state index >= 15 is 0 Å². The topological polar surface area (TPSA) is 12.9 Å². The van der Waals surface area contributed by atoms with Crippen molar-refractivity contribution >= 4 is 0 Å². The average Bonchev–Trinajstić information content (AvgIpc) is 2.35. The third-order valence-electron chi connectivity index (χ3n) is 3.30. The molecule has 0 aliphatic carbocycles. The molecule has 0 saturated carbocycles. The molecule has 101 valence electrons. The predicted molar refractivity (Wildman–Crippen MR) is 67.4 cm³/mol. The second-order valence-electron chi connectivity index (χ2n) is 4.53. The van der Waals surface area contributed by atoms with Crippen LogP contribution in [0.1, 0.15) is 22.3 Å². The molecule has 2 rings (SSSR count). The summed E-state index contributed by atoms with van der Waals surface area (Å²) in [5.74, 6) is -0.978. The van der Waals surface area contributed by atoms with Gasteiger partial charge in [-0.15, -0.1) is 6.07 Å². The van der Waals surface area contributed by atoms with Crippen LogP contribution < -0.4 is 0 Å². The molecule has 0 unspecified atom stereocenters. The summed E-state index contributed by atoms with van der Waals surface area (Å²) in [5.41, 5.74) is 3.12. The number of nitrogens with zero attached hydrogens (tertiary/aromatic N) is 1. The largest absolute Gasteiger partial charge is 1.00 e. The van der Waals surface area contributed by atoms with Crippen molar-refractivity contribution in [2.24, 2.45) is 0 Å². The van der Waals surface area contributed by atoms with E-state index in [9.17, 15) is 8.78 Å². The molecule has 19 heavy (non-hydrogen) atoms. The smallest absolute Gasteiger partial charge is 0.304 e. The van der Waals surface area contributed by atoms with Gasteiger partial charge in [0.05, 0.1) is 0 Å². The third kappa shape index (κ3) is 2.89. The van der Waals surface area contributed by atoms with Crippen molar-refractivity contribution in [2.45, 2.75) is 27.7 Å². The zero-order valence-corrected chi connectivity index (χ0v) is 12.9. The van der Waals surface area contributed by atoms with Crippen LogP contribution in [0.2, 0.25) is 0 Å². The molecule has 4 heteroatoms. The van der Waals surface area contributed by atoms with Crippen LogP contribution in [-0.2, 0) is 19.5 Å². The minimum Gasteiger partial charge on any atom is -0.304 e. The van der Waals surface area contributed by atoms with E-state index in [1.807, 2.05) is 13.8 Å². The quantitative estimate of drug-likeness (QED) is 0.560. The maximum atomic E-state index is 14.1. The number of hydrogen-bond donors (Lipinski definition) is 0. The Labute approximate surface area is 124 Å². The van der Waals surface area contributed by atoms with Gasteiger partial charge in [0.15, 0.2) is 0 Å². The molecule has 1 aromatic carbocycles. The molecule has 0 fully saturated rings. The van der Waals surface area contributed by atoms with E-state index in [4.69, 9.17) is 0 Å². The molecule has 2 aromatic rings. The molecule has 1 radical (unpaired) electrons. The summed E-state index contributed by atoms with van der Waals surface area (Å²) >= 11 is 0. The van der Waals surface area contributed by atoms with E-state index in [0.29, 0.717) is 16.8 Å². The van der Waals surface area contributed by atoms with E-state index < -0.39 is 11.6 Å². The summed E-state index contributed by atoms with van der Waals surface area (Å²) < 4.78 is 27.8. The predicted octanol–water partition coefficient (Wildman–Crippen LogP) is 4.06. The van der Waals surface area contributed by atoms with Crippen LogP contribution in [0.15, 0.2) is 12.3 Å². The average molecular weight is 347 g/mol. The van der Waals surface area contributed by atoms with Crippen LogP contribution in [0.5, 0.6) is 0 Å². The van der Waals surface area contributed by atoms with Crippen molar-refractivity contribution in [2.75, 3.05) is 0 Å². The number of pyridine rings is 1. The van der Waals surface area contributed by atoms with Crippen molar-refractivity contribution in [3.63, 3.8) is 0 Å². The molecule has 0 spiro atoms. The van der Waals surface area contributed by atoms with Gasteiger partial charge in [-0.05, 0) is 25.1 Å². The van der Waals surface area contributed by atoms with Crippen LogP contribution >= 0.6 is 0 Å².